The summed E-state index contributed by atoms with van der Waals surface area (Å²) in [6, 6.07) is 0. The van der Waals surface area contributed by atoms with Gasteiger partial charge in [0.05, 0.1) is 0 Å². The standard InChI is InChI=1S/C13H24/c1-9(2)10-8-13(5)7-6-11(10)12(13,3)4/h9-11H,6-8H2,1-5H3/t10-,11?,13?/m0/s1. The first-order valence-electron chi connectivity index (χ1n) is 5.88. The van der Waals surface area contributed by atoms with Crippen LogP contribution in [0.2, 0.25) is 0 Å². The van der Waals surface area contributed by atoms with Gasteiger partial charge in [0.2, 0.25) is 0 Å². The van der Waals surface area contributed by atoms with Crippen molar-refractivity contribution in [2.75, 3.05) is 0 Å². The van der Waals surface area contributed by atoms with Gasteiger partial charge in [0.1, 0.15) is 0 Å². The van der Waals surface area contributed by atoms with Crippen molar-refractivity contribution in [2.45, 2.75) is 53.9 Å². The molecule has 0 heteroatoms. The molecule has 2 fully saturated rings. The van der Waals surface area contributed by atoms with Gasteiger partial charge in [-0.15, -0.1) is 0 Å². The van der Waals surface area contributed by atoms with Crippen LogP contribution in [0.4, 0.5) is 0 Å². The highest BCUT2D eigenvalue weighted by Gasteiger charge is 2.60. The zero-order valence-corrected chi connectivity index (χ0v) is 9.85. The Morgan fingerprint density at radius 3 is 2.00 bits per heavy atom. The Bertz CT molecular complexity index is 211. The van der Waals surface area contributed by atoms with E-state index >= 15 is 0 Å². The Labute approximate surface area is 83.1 Å². The van der Waals surface area contributed by atoms with Crippen LogP contribution in [0.5, 0.6) is 0 Å². The van der Waals surface area contributed by atoms with Crippen molar-refractivity contribution in [2.24, 2.45) is 28.6 Å². The summed E-state index contributed by atoms with van der Waals surface area (Å²) in [6.07, 6.45) is 4.46. The Morgan fingerprint density at radius 1 is 1.15 bits per heavy atom. The average molecular weight is 180 g/mol. The minimum absolute atomic E-state index is 0.613. The van der Waals surface area contributed by atoms with E-state index in [2.05, 4.69) is 34.6 Å². The van der Waals surface area contributed by atoms with E-state index in [-0.39, 0.29) is 0 Å². The Hall–Kier alpha value is 0. The van der Waals surface area contributed by atoms with Gasteiger partial charge in [-0.05, 0) is 47.8 Å². The third kappa shape index (κ3) is 1.04. The van der Waals surface area contributed by atoms with Crippen molar-refractivity contribution >= 4 is 0 Å². The third-order valence-electron chi connectivity index (χ3n) is 5.55. The van der Waals surface area contributed by atoms with Crippen molar-refractivity contribution < 1.29 is 0 Å². The molecule has 2 saturated carbocycles. The normalized spacial score (nSPS) is 47.5. The summed E-state index contributed by atoms with van der Waals surface area (Å²) in [7, 11) is 0. The molecule has 2 unspecified atom stereocenters. The van der Waals surface area contributed by atoms with E-state index < -0.39 is 0 Å². The highest BCUT2D eigenvalue weighted by atomic mass is 14.6. The van der Waals surface area contributed by atoms with Crippen LogP contribution >= 0.6 is 0 Å². The molecule has 0 aromatic rings. The molecule has 3 atom stereocenters. The molecule has 0 aliphatic heterocycles. The van der Waals surface area contributed by atoms with Gasteiger partial charge in [0, 0.05) is 0 Å². The van der Waals surface area contributed by atoms with Gasteiger partial charge in [0.15, 0.2) is 0 Å². The van der Waals surface area contributed by atoms with Gasteiger partial charge in [-0.25, -0.2) is 0 Å². The van der Waals surface area contributed by atoms with Gasteiger partial charge in [0.25, 0.3) is 0 Å². The van der Waals surface area contributed by atoms with Crippen LogP contribution in [0, 0.1) is 28.6 Å². The SMILES string of the molecule is CC(C)[C@@H]1CC2(C)CCC1C2(C)C. The van der Waals surface area contributed by atoms with Crippen molar-refractivity contribution in [3.05, 3.63) is 0 Å². The van der Waals surface area contributed by atoms with Gasteiger partial charge < -0.3 is 0 Å². The van der Waals surface area contributed by atoms with Crippen LogP contribution in [0.1, 0.15) is 53.9 Å². The second kappa shape index (κ2) is 2.52. The van der Waals surface area contributed by atoms with Crippen molar-refractivity contribution in [1.82, 2.24) is 0 Å². The molecule has 13 heavy (non-hydrogen) atoms. The molecule has 0 saturated heterocycles. The van der Waals surface area contributed by atoms with Crippen LogP contribution < -0.4 is 0 Å². The molecular weight excluding hydrogens is 156 g/mol. The molecule has 0 aromatic carbocycles. The first-order valence-corrected chi connectivity index (χ1v) is 5.88. The summed E-state index contributed by atoms with van der Waals surface area (Å²) in [5.41, 5.74) is 1.27. The fraction of sp³-hybridized carbons (Fsp3) is 1.00. The lowest BCUT2D eigenvalue weighted by atomic mass is 9.71. The maximum Gasteiger partial charge on any atom is -0.0269 e. The molecule has 0 spiro atoms. The molecule has 2 rings (SSSR count). The van der Waals surface area contributed by atoms with Crippen LogP contribution in [0.25, 0.3) is 0 Å². The third-order valence-corrected chi connectivity index (χ3v) is 5.55. The lowest BCUT2D eigenvalue weighted by Gasteiger charge is -2.34. The van der Waals surface area contributed by atoms with Gasteiger partial charge in [-0.3, -0.25) is 0 Å². The van der Waals surface area contributed by atoms with Crippen LogP contribution in [0.3, 0.4) is 0 Å². The molecule has 0 nitrogen and oxygen atoms in total. The van der Waals surface area contributed by atoms with E-state index in [1.807, 2.05) is 0 Å². The number of hydrogen-bond acceptors (Lipinski definition) is 0. The monoisotopic (exact) mass is 180 g/mol. The number of fused-ring (bicyclic) bond motifs is 2. The second-order valence-corrected chi connectivity index (χ2v) is 6.54. The molecule has 0 aromatic heterocycles. The molecule has 0 heterocycles. The molecule has 2 aliphatic rings. The number of rotatable bonds is 1. The minimum Gasteiger partial charge on any atom is -0.0625 e. The summed E-state index contributed by atoms with van der Waals surface area (Å²) in [6.45, 7) is 12.4. The quantitative estimate of drug-likeness (QED) is 0.570. The zero-order chi connectivity index (χ0) is 9.85. The first-order chi connectivity index (χ1) is 5.88. The molecule has 0 amide bonds. The van der Waals surface area contributed by atoms with Gasteiger partial charge >= 0.3 is 0 Å². The van der Waals surface area contributed by atoms with Crippen molar-refractivity contribution in [3.8, 4) is 0 Å². The molecular formula is C13H24. The largest absolute Gasteiger partial charge is 0.0625 e. The highest BCUT2D eigenvalue weighted by molar-refractivity contribution is 5.09. The molecule has 76 valence electrons. The topological polar surface area (TPSA) is 0 Å². The molecule has 0 N–H and O–H groups in total. The average Bonchev–Trinajstić information content (AvgIpc) is 2.34. The van der Waals surface area contributed by atoms with E-state index in [0.717, 1.165) is 17.8 Å². The summed E-state index contributed by atoms with van der Waals surface area (Å²) < 4.78 is 0. The van der Waals surface area contributed by atoms with E-state index in [1.54, 1.807) is 0 Å². The van der Waals surface area contributed by atoms with E-state index in [1.165, 1.54) is 19.3 Å². The van der Waals surface area contributed by atoms with Crippen LogP contribution in [-0.2, 0) is 0 Å². The first kappa shape index (κ1) is 9.55. The molecule has 0 radical (unpaired) electrons. The summed E-state index contributed by atoms with van der Waals surface area (Å²) in [5.74, 6) is 2.91. The fourth-order valence-electron chi connectivity index (χ4n) is 4.08. The fourth-order valence-corrected chi connectivity index (χ4v) is 4.08. The molecule has 2 aliphatic carbocycles. The summed E-state index contributed by atoms with van der Waals surface area (Å²) >= 11 is 0. The van der Waals surface area contributed by atoms with E-state index in [4.69, 9.17) is 0 Å². The molecule has 2 bridgehead atoms. The maximum absolute atomic E-state index is 2.52. The van der Waals surface area contributed by atoms with Gasteiger partial charge in [-0.1, -0.05) is 34.6 Å². The van der Waals surface area contributed by atoms with E-state index in [0.29, 0.717) is 10.8 Å². The predicted octanol–water partition coefficient (Wildman–Crippen LogP) is 4.10. The Kier molecular flexibility index (Phi) is 1.85. The Balaban J connectivity index is 2.29. The number of hydrogen-bond donors (Lipinski definition) is 0. The maximum atomic E-state index is 2.52. The smallest absolute Gasteiger partial charge is 0.0269 e. The highest BCUT2D eigenvalue weighted by Crippen LogP contribution is 2.68. The van der Waals surface area contributed by atoms with Crippen molar-refractivity contribution in [1.29, 1.82) is 0 Å². The zero-order valence-electron chi connectivity index (χ0n) is 9.85. The van der Waals surface area contributed by atoms with E-state index in [9.17, 15) is 0 Å². The summed E-state index contributed by atoms with van der Waals surface area (Å²) in [5, 5.41) is 0. The van der Waals surface area contributed by atoms with Gasteiger partial charge in [-0.2, -0.15) is 0 Å². The second-order valence-electron chi connectivity index (χ2n) is 6.54. The predicted molar refractivity (Wildman–Crippen MR) is 57.6 cm³/mol. The van der Waals surface area contributed by atoms with Crippen molar-refractivity contribution in [3.63, 3.8) is 0 Å². The Morgan fingerprint density at radius 2 is 1.77 bits per heavy atom. The summed E-state index contributed by atoms with van der Waals surface area (Å²) in [4.78, 5) is 0. The minimum atomic E-state index is 0.613. The van der Waals surface area contributed by atoms with Crippen LogP contribution in [0.15, 0.2) is 0 Å². The lowest BCUT2D eigenvalue weighted by molar-refractivity contribution is 0.151. The van der Waals surface area contributed by atoms with Crippen LogP contribution in [-0.4, -0.2) is 0 Å². The lowest BCUT2D eigenvalue weighted by Crippen LogP contribution is -2.26.